The molecule has 1 fully saturated rings. The Labute approximate surface area is 667 Å². The summed E-state index contributed by atoms with van der Waals surface area (Å²) < 4.78 is 21.2. The van der Waals surface area contributed by atoms with Crippen molar-refractivity contribution in [3.63, 3.8) is 0 Å². The molecule has 0 bridgehead atoms. The van der Waals surface area contributed by atoms with Gasteiger partial charge in [0.05, 0.1) is 68.8 Å². The number of hydrogen-bond donors (Lipinski definition) is 12. The lowest BCUT2D eigenvalue weighted by Crippen LogP contribution is -2.53. The summed E-state index contributed by atoms with van der Waals surface area (Å²) in [7, 11) is 3.59. The number of morpholine rings is 1. The van der Waals surface area contributed by atoms with Gasteiger partial charge in [-0.3, -0.25) is 57.6 Å². The number of carbonyl (C=O) groups is 14. The zero-order valence-electron chi connectivity index (χ0n) is 64.0. The summed E-state index contributed by atoms with van der Waals surface area (Å²) in [4.78, 5) is 185. The molecule has 7 amide bonds. The second-order valence-electron chi connectivity index (χ2n) is 28.2. The van der Waals surface area contributed by atoms with Crippen molar-refractivity contribution in [1.29, 1.82) is 0 Å². The highest BCUT2D eigenvalue weighted by Crippen LogP contribution is 2.53. The molecule has 4 aromatic rings. The van der Waals surface area contributed by atoms with Crippen molar-refractivity contribution >= 4 is 111 Å². The molecule has 0 saturated carbocycles. The average Bonchev–Trinajstić information content (AvgIpc) is 1.55. The number of ketones is 3. The fourth-order valence-electron chi connectivity index (χ4n) is 13.6. The van der Waals surface area contributed by atoms with Gasteiger partial charge in [0.1, 0.15) is 24.5 Å². The normalized spacial score (nSPS) is 16.5. The molecular formula is C79H102N10O23S2. The number of carbonyl (C=O) groups excluding carboxylic acids is 10. The van der Waals surface area contributed by atoms with Crippen LogP contribution in [0.3, 0.4) is 0 Å². The highest BCUT2D eigenvalue weighted by molar-refractivity contribution is 8.76. The average molecular weight is 1620 g/mol. The van der Waals surface area contributed by atoms with Crippen molar-refractivity contribution in [2.45, 2.75) is 172 Å². The Balaban J connectivity index is 0.862. The van der Waals surface area contributed by atoms with E-state index in [1.165, 1.54) is 13.2 Å². The molecule has 2 heterocycles. The Morgan fingerprint density at radius 1 is 0.658 bits per heavy atom. The third-order valence-electron chi connectivity index (χ3n) is 19.8. The Bertz CT molecular complexity index is 4060. The number of phenols is 1. The first-order valence-electron chi connectivity index (χ1n) is 37.9. The maximum atomic E-state index is 14.5. The maximum Gasteiger partial charge on any atom is 0.427 e. The van der Waals surface area contributed by atoms with Crippen molar-refractivity contribution < 1.29 is 112 Å². The third kappa shape index (κ3) is 28.9. The topological polar surface area (TPSA) is 494 Å². The molecule has 114 heavy (non-hydrogen) atoms. The van der Waals surface area contributed by atoms with Gasteiger partial charge in [-0.15, -0.1) is 0 Å². The summed E-state index contributed by atoms with van der Waals surface area (Å²) in [5.41, 5.74) is 14.8. The number of urea groups is 1. The molecule has 35 heteroatoms. The third-order valence-corrected chi connectivity index (χ3v) is 22.2. The van der Waals surface area contributed by atoms with Crippen LogP contribution in [0, 0.1) is 25.7 Å². The van der Waals surface area contributed by atoms with E-state index in [4.69, 9.17) is 25.1 Å². The Morgan fingerprint density at radius 2 is 1.31 bits per heavy atom. The van der Waals surface area contributed by atoms with Crippen LogP contribution >= 0.6 is 21.6 Å². The molecule has 2 unspecified atom stereocenters. The summed E-state index contributed by atoms with van der Waals surface area (Å²) >= 11 is 0. The first-order chi connectivity index (χ1) is 54.6. The van der Waals surface area contributed by atoms with Gasteiger partial charge in [-0.25, -0.2) is 19.8 Å². The van der Waals surface area contributed by atoms with Crippen LogP contribution in [0.25, 0.3) is 0 Å². The second-order valence-corrected chi connectivity index (χ2v) is 30.8. The minimum absolute atomic E-state index is 0.00960. The number of amides is 7. The van der Waals surface area contributed by atoms with Gasteiger partial charge in [0.15, 0.2) is 29.3 Å². The van der Waals surface area contributed by atoms with Gasteiger partial charge in [0.2, 0.25) is 17.7 Å². The van der Waals surface area contributed by atoms with Crippen LogP contribution in [-0.2, 0) is 79.8 Å². The SMILES string of the molecule is COc1cc2c(cc1O)/C(=N\NC(=O)OCCSSC[C@H](CC(=O)[C@H](CC(=O)O)NC(=O)[C@@H](N)CNC(=O)[C@@H](CC(=O)[C@H](Cc1ccccc1)NC(=O)CCCCCCCCC(=O)CC[C@H](NC(=O)N[C@@H](CCC(=O)O)OC=O)C(=O)O)Cc1ccccc1)C(=O)O)C1c3cc(C)c(C)cc3C(=O)N(CCCN3CCOCC3)C21. The van der Waals surface area contributed by atoms with Crippen LogP contribution in [-0.4, -0.2) is 226 Å². The largest absolute Gasteiger partial charge is 0.504 e. The summed E-state index contributed by atoms with van der Waals surface area (Å²) in [6, 6.07) is 17.2. The lowest BCUT2D eigenvalue weighted by atomic mass is 9.81. The molecule has 7 rings (SSSR count). The lowest BCUT2D eigenvalue weighted by Gasteiger charge is -2.40. The number of nitrogens with two attached hydrogens (primary N) is 1. The van der Waals surface area contributed by atoms with Crippen LogP contribution in [0.2, 0.25) is 0 Å². The molecule has 618 valence electrons. The first-order valence-corrected chi connectivity index (χ1v) is 40.3. The number of benzene rings is 4. The number of fused-ring (bicyclic) bond motifs is 5. The highest BCUT2D eigenvalue weighted by atomic mass is 33.1. The van der Waals surface area contributed by atoms with E-state index in [-0.39, 0.29) is 99.1 Å². The number of hydrogen-bond acceptors (Lipinski definition) is 24. The lowest BCUT2D eigenvalue weighted by molar-refractivity contribution is -0.144. The number of nitrogens with one attached hydrogen (secondary N) is 6. The van der Waals surface area contributed by atoms with Crippen LogP contribution < -0.4 is 42.5 Å². The Hall–Kier alpha value is -10.5. The number of aryl methyl sites for hydroxylation is 2. The van der Waals surface area contributed by atoms with Crippen molar-refractivity contribution in [3.05, 3.63) is 129 Å². The van der Waals surface area contributed by atoms with E-state index in [1.807, 2.05) is 30.9 Å². The van der Waals surface area contributed by atoms with Crippen molar-refractivity contribution in [3.8, 4) is 11.5 Å². The van der Waals surface area contributed by atoms with Gasteiger partial charge in [-0.05, 0) is 104 Å². The molecule has 1 saturated heterocycles. The number of methoxy groups -OCH3 is 1. The number of aromatic hydroxyl groups is 1. The minimum atomic E-state index is -1.74. The molecule has 9 atom stereocenters. The molecule has 0 radical (unpaired) electrons. The molecule has 0 spiro atoms. The van der Waals surface area contributed by atoms with E-state index < -0.39 is 145 Å². The van der Waals surface area contributed by atoms with E-state index >= 15 is 0 Å². The van der Waals surface area contributed by atoms with Crippen LogP contribution in [0.1, 0.15) is 164 Å². The molecule has 4 aromatic carbocycles. The number of rotatable bonds is 51. The van der Waals surface area contributed by atoms with Gasteiger partial charge in [-0.2, -0.15) is 5.10 Å². The second kappa shape index (κ2) is 46.6. The van der Waals surface area contributed by atoms with E-state index in [0.717, 1.165) is 57.9 Å². The maximum absolute atomic E-state index is 14.5. The highest BCUT2D eigenvalue weighted by Gasteiger charge is 2.50. The zero-order valence-corrected chi connectivity index (χ0v) is 65.6. The number of aliphatic carboxylic acids is 4. The molecule has 13 N–H and O–H groups in total. The molecule has 3 aliphatic rings. The number of phenolic OH excluding ortho intramolecular Hbond substituents is 1. The standard InChI is InChI=1S/C79H102N10O23S2/c1-47-35-54-57(36-48(47)2)75(102)89(28-16-27-88-29-31-110-32-30-88)72-56-42-65(109-3)64(94)41-55(56)71(70(54)72)86-87-79(108)111-33-34-113-114-45-52(76(103)104)40-63(93)61(43-69(98)99)83-74(101)58(80)44-81-73(100)51(37-49-17-10-8-11-18-49)39-62(92)60(38-50-19-12-9-13-20-50)82-66(95)22-15-7-5-4-6-14-21-53(91)23-24-59(77(105)106)84-78(107)85-67(112-46-90)25-26-68(96)97/h8-13,17-20,35-36,41-42,46,51-52,58-61,67,70,72,94H,4-7,14-16,21-34,37-40,43-45,80H2,1-3H3,(H,81,100)(H,82,95)(H,83,101)(H,87,108)(H,96,97)(H,98,99)(H,103,104)(H,105,106)(H2,84,85,107)/b86-71+/t51-,52+,58+,59+,60+,61+,67-,70?,72?/m1/s1. The summed E-state index contributed by atoms with van der Waals surface area (Å²) in [5, 5.41) is 66.3. The van der Waals surface area contributed by atoms with Crippen LogP contribution in [0.4, 0.5) is 9.59 Å². The number of unbranched alkanes of at least 4 members (excludes halogenated alkanes) is 5. The molecule has 2 aliphatic heterocycles. The van der Waals surface area contributed by atoms with Gasteiger partial charge >= 0.3 is 36.0 Å². The molecule has 33 nitrogen and oxygen atoms in total. The molecule has 0 aromatic heterocycles. The number of carboxylic acids is 4. The van der Waals surface area contributed by atoms with Crippen molar-refractivity contribution in [2.75, 3.05) is 71.2 Å². The number of carboxylic acid groups (broad SMARTS) is 4. The summed E-state index contributed by atoms with van der Waals surface area (Å²) in [6.45, 7) is 7.11. The number of hydrazone groups is 1. The summed E-state index contributed by atoms with van der Waals surface area (Å²) in [5.74, 6) is -12.5. The van der Waals surface area contributed by atoms with E-state index in [2.05, 4.69) is 46.7 Å². The Kier molecular flexibility index (Phi) is 37.1. The predicted octanol–water partition coefficient (Wildman–Crippen LogP) is 6.04. The fourth-order valence-corrected chi connectivity index (χ4v) is 15.7. The molecule has 1 aliphatic carbocycles. The predicted molar refractivity (Wildman–Crippen MR) is 418 cm³/mol. The zero-order chi connectivity index (χ0) is 82.8. The minimum Gasteiger partial charge on any atom is -0.504 e. The van der Waals surface area contributed by atoms with Gasteiger partial charge in [0, 0.05) is 99.8 Å². The van der Waals surface area contributed by atoms with E-state index in [0.29, 0.717) is 98.2 Å². The quantitative estimate of drug-likeness (QED) is 0.00788. The van der Waals surface area contributed by atoms with Gasteiger partial charge in [-0.1, -0.05) is 114 Å². The van der Waals surface area contributed by atoms with Crippen LogP contribution in [0.15, 0.2) is 90.0 Å². The summed E-state index contributed by atoms with van der Waals surface area (Å²) in [6.07, 6.45) is -0.642. The van der Waals surface area contributed by atoms with Gasteiger partial charge in [0.25, 0.3) is 12.4 Å². The smallest absolute Gasteiger partial charge is 0.427 e. The van der Waals surface area contributed by atoms with Gasteiger partial charge < -0.3 is 81.7 Å². The van der Waals surface area contributed by atoms with Crippen molar-refractivity contribution in [2.24, 2.45) is 22.7 Å². The van der Waals surface area contributed by atoms with E-state index in [1.54, 1.807) is 66.7 Å². The van der Waals surface area contributed by atoms with Crippen LogP contribution in [0.5, 0.6) is 11.5 Å². The number of ether oxygens (including phenoxy) is 4. The monoisotopic (exact) mass is 1620 g/mol. The molecular weight excluding hydrogens is 1520 g/mol. The van der Waals surface area contributed by atoms with Crippen molar-refractivity contribution in [1.82, 2.24) is 41.8 Å². The fraction of sp³-hybridized carbons (Fsp3) is 0.506. The first kappa shape index (κ1) is 90.7. The van der Waals surface area contributed by atoms with E-state index in [9.17, 15) is 87.5 Å². The number of nitrogens with zero attached hydrogens (tertiary/aromatic N) is 3. The number of Topliss-reactive ketones (excluding diaryl/α,β-unsaturated/α-hetero) is 3. The Morgan fingerprint density at radius 3 is 1.96 bits per heavy atom.